The SMILES string of the molecule is COc1c(O)cc(C)c(C2(CC(=O)O)CC2)c1Br. The zero-order valence-electron chi connectivity index (χ0n) is 10.3. The Balaban J connectivity index is 2.54. The zero-order chi connectivity index (χ0) is 13.5. The van der Waals surface area contributed by atoms with E-state index < -0.39 is 5.97 Å². The molecule has 0 radical (unpaired) electrons. The molecule has 0 spiro atoms. The molecule has 0 bridgehead atoms. The molecule has 1 aromatic carbocycles. The molecule has 2 rings (SSSR count). The third-order valence-electron chi connectivity index (χ3n) is 3.48. The van der Waals surface area contributed by atoms with Crippen molar-refractivity contribution in [3.05, 3.63) is 21.7 Å². The van der Waals surface area contributed by atoms with Gasteiger partial charge in [-0.25, -0.2) is 0 Å². The van der Waals surface area contributed by atoms with Crippen molar-refractivity contribution in [1.82, 2.24) is 0 Å². The number of phenols is 1. The lowest BCUT2D eigenvalue weighted by atomic mass is 9.88. The number of rotatable bonds is 4. The highest BCUT2D eigenvalue weighted by Gasteiger charge is 2.48. The van der Waals surface area contributed by atoms with Crippen molar-refractivity contribution in [2.24, 2.45) is 0 Å². The Labute approximate surface area is 114 Å². The summed E-state index contributed by atoms with van der Waals surface area (Å²) in [6, 6.07) is 1.63. The summed E-state index contributed by atoms with van der Waals surface area (Å²) in [6.07, 6.45) is 1.82. The molecule has 1 aliphatic rings. The summed E-state index contributed by atoms with van der Waals surface area (Å²) in [6.45, 7) is 1.88. The van der Waals surface area contributed by atoms with Gasteiger partial charge in [-0.1, -0.05) is 0 Å². The molecule has 0 saturated heterocycles. The topological polar surface area (TPSA) is 66.8 Å². The first kappa shape index (κ1) is 13.2. The Bertz CT molecular complexity index is 506. The van der Waals surface area contributed by atoms with Gasteiger partial charge in [0, 0.05) is 5.41 Å². The minimum atomic E-state index is -0.800. The first-order chi connectivity index (χ1) is 8.41. The monoisotopic (exact) mass is 314 g/mol. The lowest BCUT2D eigenvalue weighted by molar-refractivity contribution is -0.137. The number of aromatic hydroxyl groups is 1. The number of halogens is 1. The molecule has 1 aromatic rings. The van der Waals surface area contributed by atoms with Crippen LogP contribution in [0.2, 0.25) is 0 Å². The van der Waals surface area contributed by atoms with E-state index in [-0.39, 0.29) is 17.6 Å². The van der Waals surface area contributed by atoms with Gasteiger partial charge in [0.25, 0.3) is 0 Å². The van der Waals surface area contributed by atoms with Gasteiger partial charge in [0.05, 0.1) is 18.0 Å². The van der Waals surface area contributed by atoms with Gasteiger partial charge >= 0.3 is 5.97 Å². The Morgan fingerprint density at radius 2 is 2.17 bits per heavy atom. The lowest BCUT2D eigenvalue weighted by Gasteiger charge is -2.20. The molecule has 0 unspecified atom stereocenters. The van der Waals surface area contributed by atoms with Crippen LogP contribution in [0, 0.1) is 6.92 Å². The zero-order valence-corrected chi connectivity index (χ0v) is 11.9. The molecule has 1 saturated carbocycles. The molecular formula is C13H15BrO4. The van der Waals surface area contributed by atoms with E-state index in [0.717, 1.165) is 24.0 Å². The molecule has 1 fully saturated rings. The van der Waals surface area contributed by atoms with E-state index in [2.05, 4.69) is 15.9 Å². The van der Waals surface area contributed by atoms with Crippen LogP contribution in [0.25, 0.3) is 0 Å². The van der Waals surface area contributed by atoms with Crippen LogP contribution in [-0.2, 0) is 10.2 Å². The maximum Gasteiger partial charge on any atom is 0.304 e. The van der Waals surface area contributed by atoms with E-state index in [1.165, 1.54) is 7.11 Å². The first-order valence-corrected chi connectivity index (χ1v) is 6.49. The van der Waals surface area contributed by atoms with Crippen molar-refractivity contribution in [3.8, 4) is 11.5 Å². The highest BCUT2D eigenvalue weighted by atomic mass is 79.9. The molecule has 0 aliphatic heterocycles. The molecule has 0 amide bonds. The molecule has 0 heterocycles. The van der Waals surface area contributed by atoms with Crippen molar-refractivity contribution in [3.63, 3.8) is 0 Å². The van der Waals surface area contributed by atoms with Crippen LogP contribution in [0.3, 0.4) is 0 Å². The van der Waals surface area contributed by atoms with E-state index >= 15 is 0 Å². The number of benzene rings is 1. The summed E-state index contributed by atoms with van der Waals surface area (Å²) in [5.41, 5.74) is 1.52. The average molecular weight is 315 g/mol. The van der Waals surface area contributed by atoms with Crippen LogP contribution in [-0.4, -0.2) is 23.3 Å². The van der Waals surface area contributed by atoms with Crippen LogP contribution in [0.4, 0.5) is 0 Å². The maximum atomic E-state index is 11.0. The maximum absolute atomic E-state index is 11.0. The van der Waals surface area contributed by atoms with E-state index in [0.29, 0.717) is 10.2 Å². The van der Waals surface area contributed by atoms with Gasteiger partial charge < -0.3 is 14.9 Å². The number of aryl methyl sites for hydroxylation is 1. The Kier molecular flexibility index (Phi) is 3.27. The molecule has 1 aliphatic carbocycles. The van der Waals surface area contributed by atoms with Crippen LogP contribution in [0.15, 0.2) is 10.5 Å². The number of phenolic OH excluding ortho intramolecular Hbond substituents is 1. The van der Waals surface area contributed by atoms with Gasteiger partial charge in [-0.2, -0.15) is 0 Å². The van der Waals surface area contributed by atoms with Crippen molar-refractivity contribution in [1.29, 1.82) is 0 Å². The summed E-state index contributed by atoms with van der Waals surface area (Å²) < 4.78 is 5.82. The molecule has 2 N–H and O–H groups in total. The second-order valence-corrected chi connectivity index (χ2v) is 5.58. The molecule has 5 heteroatoms. The summed E-state index contributed by atoms with van der Waals surface area (Å²) in [5.74, 6) is -0.366. The quantitative estimate of drug-likeness (QED) is 0.896. The van der Waals surface area contributed by atoms with Crippen molar-refractivity contribution in [2.75, 3.05) is 7.11 Å². The fraction of sp³-hybridized carbons (Fsp3) is 0.462. The van der Waals surface area contributed by atoms with Crippen LogP contribution in [0.1, 0.15) is 30.4 Å². The first-order valence-electron chi connectivity index (χ1n) is 5.69. The smallest absolute Gasteiger partial charge is 0.304 e. The van der Waals surface area contributed by atoms with Gasteiger partial charge in [0.1, 0.15) is 0 Å². The number of methoxy groups -OCH3 is 1. The summed E-state index contributed by atoms with van der Waals surface area (Å²) in [7, 11) is 1.48. The van der Waals surface area contributed by atoms with Crippen molar-refractivity contribution < 1.29 is 19.7 Å². The normalized spacial score (nSPS) is 16.4. The minimum Gasteiger partial charge on any atom is -0.504 e. The van der Waals surface area contributed by atoms with Gasteiger partial charge in [0.2, 0.25) is 0 Å². The standard InChI is InChI=1S/C13H15BrO4/c1-7-5-8(15)12(18-2)11(14)10(7)13(3-4-13)6-9(16)17/h5,15H,3-4,6H2,1-2H3,(H,16,17). The molecule has 98 valence electrons. The largest absolute Gasteiger partial charge is 0.504 e. The molecule has 0 aromatic heterocycles. The summed E-state index contributed by atoms with van der Waals surface area (Å²) >= 11 is 3.43. The van der Waals surface area contributed by atoms with Gasteiger partial charge in [-0.15, -0.1) is 0 Å². The number of carbonyl (C=O) groups is 1. The minimum absolute atomic E-state index is 0.0664. The second kappa shape index (κ2) is 4.46. The van der Waals surface area contributed by atoms with Crippen molar-refractivity contribution in [2.45, 2.75) is 31.6 Å². The predicted molar refractivity (Wildman–Crippen MR) is 70.3 cm³/mol. The van der Waals surface area contributed by atoms with Gasteiger partial charge in [0.15, 0.2) is 11.5 Å². The molecular weight excluding hydrogens is 300 g/mol. The number of hydrogen-bond acceptors (Lipinski definition) is 3. The van der Waals surface area contributed by atoms with Gasteiger partial charge in [-0.3, -0.25) is 4.79 Å². The number of carboxylic acid groups (broad SMARTS) is 1. The second-order valence-electron chi connectivity index (χ2n) is 4.79. The van der Waals surface area contributed by atoms with Crippen LogP contribution < -0.4 is 4.74 Å². The highest BCUT2D eigenvalue weighted by molar-refractivity contribution is 9.10. The third kappa shape index (κ3) is 2.07. The predicted octanol–water partition coefficient (Wildman–Crippen LogP) is 2.98. The molecule has 0 atom stereocenters. The van der Waals surface area contributed by atoms with Gasteiger partial charge in [-0.05, 0) is 52.9 Å². The fourth-order valence-electron chi connectivity index (χ4n) is 2.54. The van der Waals surface area contributed by atoms with E-state index in [1.807, 2.05) is 6.92 Å². The van der Waals surface area contributed by atoms with E-state index in [9.17, 15) is 9.90 Å². The Morgan fingerprint density at radius 3 is 2.61 bits per heavy atom. The third-order valence-corrected chi connectivity index (χ3v) is 4.23. The van der Waals surface area contributed by atoms with Crippen molar-refractivity contribution >= 4 is 21.9 Å². The number of ether oxygens (including phenoxy) is 1. The summed E-state index contributed by atoms with van der Waals surface area (Å²) in [4.78, 5) is 11.0. The summed E-state index contributed by atoms with van der Waals surface area (Å²) in [5, 5.41) is 18.8. The van der Waals surface area contributed by atoms with Crippen LogP contribution in [0.5, 0.6) is 11.5 Å². The number of hydrogen-bond donors (Lipinski definition) is 2. The highest BCUT2D eigenvalue weighted by Crippen LogP contribution is 2.56. The fourth-order valence-corrected chi connectivity index (χ4v) is 3.64. The molecule has 4 nitrogen and oxygen atoms in total. The van der Waals surface area contributed by atoms with E-state index in [4.69, 9.17) is 9.84 Å². The lowest BCUT2D eigenvalue weighted by Crippen LogP contribution is -2.15. The number of aliphatic carboxylic acids is 1. The molecule has 18 heavy (non-hydrogen) atoms. The van der Waals surface area contributed by atoms with E-state index in [1.54, 1.807) is 6.07 Å². The van der Waals surface area contributed by atoms with Crippen LogP contribution >= 0.6 is 15.9 Å². The number of carboxylic acids is 1. The Hall–Kier alpha value is -1.23. The Morgan fingerprint density at radius 1 is 1.56 bits per heavy atom. The average Bonchev–Trinajstić information content (AvgIpc) is 2.96.